The Morgan fingerprint density at radius 3 is 2.95 bits per heavy atom. The SMILES string of the molecule is CC1(C)Cc2cccc(-c3ncc(C(=O)O)[nH]3)c2O1. The Morgan fingerprint density at radius 2 is 2.26 bits per heavy atom. The highest BCUT2D eigenvalue weighted by Crippen LogP contribution is 2.41. The van der Waals surface area contributed by atoms with Crippen molar-refractivity contribution in [2.45, 2.75) is 25.9 Å². The quantitative estimate of drug-likeness (QED) is 0.867. The van der Waals surface area contributed by atoms with Gasteiger partial charge in [0.25, 0.3) is 0 Å². The molecule has 0 spiro atoms. The van der Waals surface area contributed by atoms with Gasteiger partial charge >= 0.3 is 5.97 Å². The molecular formula is C14H14N2O3. The number of aromatic nitrogens is 2. The number of carboxylic acids is 1. The summed E-state index contributed by atoms with van der Waals surface area (Å²) >= 11 is 0. The number of fused-ring (bicyclic) bond motifs is 1. The fraction of sp³-hybridized carbons (Fsp3) is 0.286. The van der Waals surface area contributed by atoms with E-state index in [1.165, 1.54) is 6.20 Å². The van der Waals surface area contributed by atoms with E-state index in [9.17, 15) is 4.79 Å². The number of imidazole rings is 1. The van der Waals surface area contributed by atoms with Crippen molar-refractivity contribution in [2.75, 3.05) is 0 Å². The number of ether oxygens (including phenoxy) is 1. The van der Waals surface area contributed by atoms with Gasteiger partial charge < -0.3 is 14.8 Å². The van der Waals surface area contributed by atoms with Gasteiger partial charge in [0.2, 0.25) is 0 Å². The minimum Gasteiger partial charge on any atom is -0.486 e. The molecule has 0 unspecified atom stereocenters. The lowest BCUT2D eigenvalue weighted by Crippen LogP contribution is -2.24. The van der Waals surface area contributed by atoms with Crippen LogP contribution in [0.15, 0.2) is 24.4 Å². The Balaban J connectivity index is 2.07. The molecule has 2 N–H and O–H groups in total. The van der Waals surface area contributed by atoms with Gasteiger partial charge in [-0.25, -0.2) is 9.78 Å². The summed E-state index contributed by atoms with van der Waals surface area (Å²) in [7, 11) is 0. The molecule has 5 heteroatoms. The van der Waals surface area contributed by atoms with E-state index >= 15 is 0 Å². The number of hydrogen-bond acceptors (Lipinski definition) is 3. The maximum Gasteiger partial charge on any atom is 0.353 e. The molecule has 2 heterocycles. The summed E-state index contributed by atoms with van der Waals surface area (Å²) in [6, 6.07) is 5.83. The number of carboxylic acid groups (broad SMARTS) is 1. The lowest BCUT2D eigenvalue weighted by molar-refractivity contribution is 0.0691. The largest absolute Gasteiger partial charge is 0.486 e. The Morgan fingerprint density at radius 1 is 1.47 bits per heavy atom. The van der Waals surface area contributed by atoms with E-state index in [0.717, 1.165) is 23.3 Å². The number of benzene rings is 1. The Hall–Kier alpha value is -2.30. The number of hydrogen-bond donors (Lipinski definition) is 2. The lowest BCUT2D eigenvalue weighted by Gasteiger charge is -2.17. The number of para-hydroxylation sites is 1. The highest BCUT2D eigenvalue weighted by molar-refractivity contribution is 5.86. The van der Waals surface area contributed by atoms with Gasteiger partial charge in [0.15, 0.2) is 0 Å². The van der Waals surface area contributed by atoms with Crippen molar-refractivity contribution in [1.29, 1.82) is 0 Å². The van der Waals surface area contributed by atoms with Gasteiger partial charge in [0.1, 0.15) is 22.9 Å². The standard InChI is InChI=1S/C14H14N2O3/c1-14(2)6-8-4-3-5-9(11(8)19-14)12-15-7-10(16-12)13(17)18/h3-5,7H,6H2,1-2H3,(H,15,16)(H,17,18). The molecule has 1 aromatic carbocycles. The van der Waals surface area contributed by atoms with Crippen LogP contribution in [-0.2, 0) is 6.42 Å². The zero-order chi connectivity index (χ0) is 13.6. The fourth-order valence-electron chi connectivity index (χ4n) is 2.37. The second-order valence-electron chi connectivity index (χ2n) is 5.28. The predicted octanol–water partition coefficient (Wildman–Crippen LogP) is 2.49. The minimum absolute atomic E-state index is 0.0739. The van der Waals surface area contributed by atoms with Gasteiger partial charge in [-0.05, 0) is 25.5 Å². The van der Waals surface area contributed by atoms with Gasteiger partial charge in [-0.2, -0.15) is 0 Å². The first kappa shape index (κ1) is 11.8. The summed E-state index contributed by atoms with van der Waals surface area (Å²) in [5.74, 6) is 0.290. The Bertz CT molecular complexity index is 658. The van der Waals surface area contributed by atoms with Crippen LogP contribution in [0.2, 0.25) is 0 Å². The van der Waals surface area contributed by atoms with Gasteiger partial charge in [-0.15, -0.1) is 0 Å². The molecular weight excluding hydrogens is 244 g/mol. The highest BCUT2D eigenvalue weighted by atomic mass is 16.5. The third-order valence-corrected chi connectivity index (χ3v) is 3.15. The molecule has 0 amide bonds. The summed E-state index contributed by atoms with van der Waals surface area (Å²) in [6.07, 6.45) is 2.15. The van der Waals surface area contributed by atoms with Crippen molar-refractivity contribution < 1.29 is 14.6 Å². The van der Waals surface area contributed by atoms with E-state index in [4.69, 9.17) is 9.84 Å². The Kier molecular flexibility index (Phi) is 2.38. The number of nitrogens with one attached hydrogen (secondary N) is 1. The molecule has 1 aromatic heterocycles. The molecule has 0 saturated carbocycles. The third kappa shape index (κ3) is 1.97. The molecule has 1 aliphatic rings. The summed E-state index contributed by atoms with van der Waals surface area (Å²) in [6.45, 7) is 4.06. The second kappa shape index (κ2) is 3.85. The number of aromatic carboxylic acids is 1. The molecule has 0 atom stereocenters. The molecule has 1 aliphatic heterocycles. The average Bonchev–Trinajstić information content (AvgIpc) is 2.90. The molecule has 2 aromatic rings. The number of H-pyrrole nitrogens is 1. The van der Waals surface area contributed by atoms with Crippen LogP contribution in [0.5, 0.6) is 5.75 Å². The first-order chi connectivity index (χ1) is 8.96. The van der Waals surface area contributed by atoms with Gasteiger partial charge in [0.05, 0.1) is 11.8 Å². The number of rotatable bonds is 2. The normalized spacial score (nSPS) is 15.9. The molecule has 98 valence electrons. The van der Waals surface area contributed by atoms with Crippen LogP contribution >= 0.6 is 0 Å². The lowest BCUT2D eigenvalue weighted by atomic mass is 10.0. The van der Waals surface area contributed by atoms with Crippen molar-refractivity contribution in [1.82, 2.24) is 9.97 Å². The van der Waals surface area contributed by atoms with Crippen LogP contribution in [0, 0.1) is 0 Å². The molecule has 0 radical (unpaired) electrons. The monoisotopic (exact) mass is 258 g/mol. The van der Waals surface area contributed by atoms with E-state index in [0.29, 0.717) is 5.82 Å². The zero-order valence-electron chi connectivity index (χ0n) is 10.7. The van der Waals surface area contributed by atoms with Crippen LogP contribution < -0.4 is 4.74 Å². The first-order valence-corrected chi connectivity index (χ1v) is 6.06. The van der Waals surface area contributed by atoms with Crippen molar-refractivity contribution >= 4 is 5.97 Å². The maximum absolute atomic E-state index is 10.9. The smallest absolute Gasteiger partial charge is 0.353 e. The van der Waals surface area contributed by atoms with Crippen LogP contribution in [0.25, 0.3) is 11.4 Å². The molecule has 0 aliphatic carbocycles. The molecule has 5 nitrogen and oxygen atoms in total. The summed E-state index contributed by atoms with van der Waals surface area (Å²) in [5.41, 5.74) is 1.76. The average molecular weight is 258 g/mol. The highest BCUT2D eigenvalue weighted by Gasteiger charge is 2.32. The van der Waals surface area contributed by atoms with Gasteiger partial charge in [0, 0.05) is 6.42 Å². The second-order valence-corrected chi connectivity index (χ2v) is 5.28. The van der Waals surface area contributed by atoms with Crippen LogP contribution in [0.4, 0.5) is 0 Å². The van der Waals surface area contributed by atoms with Gasteiger partial charge in [-0.1, -0.05) is 12.1 Å². The van der Waals surface area contributed by atoms with Crippen molar-refractivity contribution in [3.05, 3.63) is 35.7 Å². The van der Waals surface area contributed by atoms with Crippen molar-refractivity contribution in [3.8, 4) is 17.1 Å². The van der Waals surface area contributed by atoms with Crippen molar-refractivity contribution in [3.63, 3.8) is 0 Å². The van der Waals surface area contributed by atoms with E-state index in [-0.39, 0.29) is 11.3 Å². The summed E-state index contributed by atoms with van der Waals surface area (Å²) in [4.78, 5) is 17.8. The fourth-order valence-corrected chi connectivity index (χ4v) is 2.37. The molecule has 3 rings (SSSR count). The van der Waals surface area contributed by atoms with E-state index < -0.39 is 5.97 Å². The molecule has 19 heavy (non-hydrogen) atoms. The van der Waals surface area contributed by atoms with Crippen LogP contribution in [0.3, 0.4) is 0 Å². The number of carbonyl (C=O) groups is 1. The van der Waals surface area contributed by atoms with Crippen LogP contribution in [-0.4, -0.2) is 26.6 Å². The van der Waals surface area contributed by atoms with E-state index in [2.05, 4.69) is 9.97 Å². The Labute approximate surface area is 110 Å². The number of nitrogens with zero attached hydrogens (tertiary/aromatic N) is 1. The third-order valence-electron chi connectivity index (χ3n) is 3.15. The van der Waals surface area contributed by atoms with Crippen LogP contribution in [0.1, 0.15) is 29.9 Å². The topological polar surface area (TPSA) is 75.2 Å². The predicted molar refractivity (Wildman–Crippen MR) is 69.4 cm³/mol. The van der Waals surface area contributed by atoms with E-state index in [1.54, 1.807) is 0 Å². The first-order valence-electron chi connectivity index (χ1n) is 6.06. The molecule has 0 bridgehead atoms. The minimum atomic E-state index is -1.02. The maximum atomic E-state index is 10.9. The zero-order valence-corrected chi connectivity index (χ0v) is 10.7. The molecule has 0 fully saturated rings. The van der Waals surface area contributed by atoms with Gasteiger partial charge in [-0.3, -0.25) is 0 Å². The van der Waals surface area contributed by atoms with Crippen molar-refractivity contribution in [2.24, 2.45) is 0 Å². The summed E-state index contributed by atoms with van der Waals surface area (Å²) < 4.78 is 5.94. The number of aromatic amines is 1. The molecule has 0 saturated heterocycles. The van der Waals surface area contributed by atoms with E-state index in [1.807, 2.05) is 32.0 Å². The summed E-state index contributed by atoms with van der Waals surface area (Å²) in [5, 5.41) is 8.92.